The van der Waals surface area contributed by atoms with E-state index in [4.69, 9.17) is 5.11 Å². The maximum absolute atomic E-state index is 11.0. The number of aliphatic hydroxyl groups excluding tert-OH is 1. The van der Waals surface area contributed by atoms with Crippen LogP contribution in [-0.4, -0.2) is 45.8 Å². The van der Waals surface area contributed by atoms with Crippen molar-refractivity contribution in [3.63, 3.8) is 0 Å². The molecule has 4 nitrogen and oxygen atoms in total. The van der Waals surface area contributed by atoms with E-state index in [0.29, 0.717) is 0 Å². The topological polar surface area (TPSA) is 60.8 Å². The van der Waals surface area contributed by atoms with Crippen LogP contribution in [0.3, 0.4) is 0 Å². The lowest BCUT2D eigenvalue weighted by Gasteiger charge is -2.31. The Hall–Kier alpha value is -0.610. The minimum absolute atomic E-state index is 0.0697. The molecule has 4 heteroatoms. The first-order valence-electron chi connectivity index (χ1n) is 5.78. The van der Waals surface area contributed by atoms with Crippen molar-refractivity contribution >= 4 is 5.97 Å². The van der Waals surface area contributed by atoms with Crippen molar-refractivity contribution in [2.75, 3.05) is 6.54 Å². The number of carbonyl (C=O) groups is 1. The van der Waals surface area contributed by atoms with Gasteiger partial charge in [-0.15, -0.1) is 0 Å². The number of likely N-dealkylation sites (tertiary alicyclic amines) is 1. The lowest BCUT2D eigenvalue weighted by atomic mass is 10.0. The number of hydrogen-bond acceptors (Lipinski definition) is 3. The van der Waals surface area contributed by atoms with E-state index >= 15 is 0 Å². The van der Waals surface area contributed by atoms with Crippen molar-refractivity contribution < 1.29 is 15.0 Å². The predicted molar refractivity (Wildman–Crippen MR) is 55.6 cm³/mol. The van der Waals surface area contributed by atoms with Crippen molar-refractivity contribution in [2.24, 2.45) is 5.92 Å². The molecule has 2 rings (SSSR count). The summed E-state index contributed by atoms with van der Waals surface area (Å²) in [5, 5.41) is 18.8. The second-order valence-corrected chi connectivity index (χ2v) is 4.78. The fourth-order valence-corrected chi connectivity index (χ4v) is 3.07. The Labute approximate surface area is 89.9 Å². The van der Waals surface area contributed by atoms with Crippen LogP contribution in [0.5, 0.6) is 0 Å². The maximum atomic E-state index is 11.0. The highest BCUT2D eigenvalue weighted by molar-refractivity contribution is 5.71. The second-order valence-electron chi connectivity index (χ2n) is 4.78. The average molecular weight is 213 g/mol. The van der Waals surface area contributed by atoms with E-state index < -0.39 is 5.97 Å². The van der Waals surface area contributed by atoms with Crippen LogP contribution in [0.25, 0.3) is 0 Å². The number of carboxylic acid groups (broad SMARTS) is 1. The zero-order chi connectivity index (χ0) is 11.0. The monoisotopic (exact) mass is 213 g/mol. The minimum atomic E-state index is -0.697. The first-order chi connectivity index (χ1) is 7.11. The van der Waals surface area contributed by atoms with Crippen LogP contribution in [0.1, 0.15) is 32.6 Å². The zero-order valence-electron chi connectivity index (χ0n) is 9.09. The van der Waals surface area contributed by atoms with Crippen molar-refractivity contribution in [3.05, 3.63) is 0 Å². The van der Waals surface area contributed by atoms with Gasteiger partial charge < -0.3 is 10.2 Å². The summed E-state index contributed by atoms with van der Waals surface area (Å²) in [5.74, 6) is -0.949. The molecule has 2 N–H and O–H groups in total. The van der Waals surface area contributed by atoms with Crippen LogP contribution in [0.2, 0.25) is 0 Å². The Bertz CT molecular complexity index is 256. The second kappa shape index (κ2) is 4.10. The molecule has 0 bridgehead atoms. The van der Waals surface area contributed by atoms with E-state index in [-0.39, 0.29) is 24.1 Å². The summed E-state index contributed by atoms with van der Waals surface area (Å²) >= 11 is 0. The zero-order valence-corrected chi connectivity index (χ0v) is 9.09. The third kappa shape index (κ3) is 1.88. The van der Waals surface area contributed by atoms with E-state index in [9.17, 15) is 9.90 Å². The highest BCUT2D eigenvalue weighted by atomic mass is 16.4. The molecule has 1 aliphatic carbocycles. The molecule has 1 saturated heterocycles. The van der Waals surface area contributed by atoms with Gasteiger partial charge in [0.2, 0.25) is 0 Å². The Morgan fingerprint density at radius 1 is 1.33 bits per heavy atom. The van der Waals surface area contributed by atoms with Gasteiger partial charge in [-0.05, 0) is 39.2 Å². The largest absolute Gasteiger partial charge is 0.481 e. The Balaban J connectivity index is 2.03. The standard InChI is InChI=1S/C11H19NO3/c1-7-8(11(14)15)5-6-12(7)9-3-2-4-10(9)13/h7-10,13H,2-6H2,1H3,(H,14,15). The van der Waals surface area contributed by atoms with Gasteiger partial charge in [0.25, 0.3) is 0 Å². The maximum Gasteiger partial charge on any atom is 0.308 e. The third-order valence-corrected chi connectivity index (χ3v) is 3.99. The van der Waals surface area contributed by atoms with Gasteiger partial charge in [0.05, 0.1) is 12.0 Å². The van der Waals surface area contributed by atoms with Crippen molar-refractivity contribution in [3.8, 4) is 0 Å². The van der Waals surface area contributed by atoms with E-state index in [1.54, 1.807) is 0 Å². The number of hydrogen-bond donors (Lipinski definition) is 2. The number of aliphatic carboxylic acids is 1. The van der Waals surface area contributed by atoms with Crippen molar-refractivity contribution in [1.82, 2.24) is 4.90 Å². The highest BCUT2D eigenvalue weighted by Crippen LogP contribution is 2.33. The van der Waals surface area contributed by atoms with Gasteiger partial charge in [0, 0.05) is 12.1 Å². The highest BCUT2D eigenvalue weighted by Gasteiger charge is 2.42. The van der Waals surface area contributed by atoms with Crippen LogP contribution in [0.15, 0.2) is 0 Å². The molecule has 1 saturated carbocycles. The SMILES string of the molecule is CC1C(C(=O)O)CCN1C1CCCC1O. The van der Waals surface area contributed by atoms with Crippen LogP contribution < -0.4 is 0 Å². The first kappa shape index (κ1) is 10.9. The fraction of sp³-hybridized carbons (Fsp3) is 0.909. The van der Waals surface area contributed by atoms with E-state index in [1.165, 1.54) is 0 Å². The smallest absolute Gasteiger partial charge is 0.308 e. The fourth-order valence-electron chi connectivity index (χ4n) is 3.07. The summed E-state index contributed by atoms with van der Waals surface area (Å²) in [4.78, 5) is 13.2. The molecule has 0 radical (unpaired) electrons. The molecule has 1 heterocycles. The summed E-state index contributed by atoms with van der Waals surface area (Å²) in [6.45, 7) is 2.79. The quantitative estimate of drug-likeness (QED) is 0.708. The lowest BCUT2D eigenvalue weighted by molar-refractivity contribution is -0.142. The summed E-state index contributed by atoms with van der Waals surface area (Å²) in [5.41, 5.74) is 0. The van der Waals surface area contributed by atoms with Crippen LogP contribution in [0, 0.1) is 5.92 Å². The van der Waals surface area contributed by atoms with Gasteiger partial charge in [-0.1, -0.05) is 0 Å². The van der Waals surface area contributed by atoms with Gasteiger partial charge in [0.15, 0.2) is 0 Å². The summed E-state index contributed by atoms with van der Waals surface area (Å²) in [7, 11) is 0. The number of aliphatic hydroxyl groups is 1. The molecule has 1 aliphatic heterocycles. The molecule has 0 spiro atoms. The molecule has 15 heavy (non-hydrogen) atoms. The van der Waals surface area contributed by atoms with Gasteiger partial charge in [-0.3, -0.25) is 9.69 Å². The van der Waals surface area contributed by atoms with Crippen LogP contribution in [0.4, 0.5) is 0 Å². The van der Waals surface area contributed by atoms with Crippen LogP contribution in [-0.2, 0) is 4.79 Å². The molecule has 0 aromatic rings. The van der Waals surface area contributed by atoms with Gasteiger partial charge in [-0.2, -0.15) is 0 Å². The molecule has 2 fully saturated rings. The van der Waals surface area contributed by atoms with Gasteiger partial charge >= 0.3 is 5.97 Å². The first-order valence-corrected chi connectivity index (χ1v) is 5.78. The molecule has 86 valence electrons. The lowest BCUT2D eigenvalue weighted by Crippen LogP contribution is -2.44. The van der Waals surface area contributed by atoms with E-state index in [2.05, 4.69) is 4.90 Å². The van der Waals surface area contributed by atoms with Gasteiger partial charge in [0.1, 0.15) is 0 Å². The molecule has 2 aliphatic rings. The Kier molecular flexibility index (Phi) is 2.98. The minimum Gasteiger partial charge on any atom is -0.481 e. The molecular formula is C11H19NO3. The van der Waals surface area contributed by atoms with Gasteiger partial charge in [-0.25, -0.2) is 0 Å². The Morgan fingerprint density at radius 3 is 2.53 bits per heavy atom. The van der Waals surface area contributed by atoms with Crippen molar-refractivity contribution in [1.29, 1.82) is 0 Å². The number of nitrogens with zero attached hydrogens (tertiary/aromatic N) is 1. The van der Waals surface area contributed by atoms with E-state index in [1.807, 2.05) is 6.92 Å². The summed E-state index contributed by atoms with van der Waals surface area (Å²) in [6, 6.07) is 0.268. The molecule has 4 unspecified atom stereocenters. The molecule has 0 amide bonds. The predicted octanol–water partition coefficient (Wildman–Crippen LogP) is 0.695. The third-order valence-electron chi connectivity index (χ3n) is 3.99. The summed E-state index contributed by atoms with van der Waals surface area (Å²) in [6.07, 6.45) is 3.41. The van der Waals surface area contributed by atoms with Crippen LogP contribution >= 0.6 is 0 Å². The van der Waals surface area contributed by atoms with Crippen molar-refractivity contribution in [2.45, 2.75) is 50.8 Å². The average Bonchev–Trinajstić information content (AvgIpc) is 2.71. The molecule has 0 aromatic carbocycles. The molecule has 4 atom stereocenters. The normalized spacial score (nSPS) is 42.3. The molecule has 0 aromatic heterocycles. The number of rotatable bonds is 2. The summed E-state index contributed by atoms with van der Waals surface area (Å²) < 4.78 is 0. The number of carboxylic acids is 1. The Morgan fingerprint density at radius 2 is 2.07 bits per heavy atom. The molecular weight excluding hydrogens is 194 g/mol. The van der Waals surface area contributed by atoms with E-state index in [0.717, 1.165) is 32.2 Å².